The summed E-state index contributed by atoms with van der Waals surface area (Å²) in [6.07, 6.45) is 7.88. The standard InChI is InChI=1S/C18H23NO4/c20-17(21)16(12-14-8-4-1-2-5-9-14)19-18(22)23-13-15-10-6-3-7-11-15/h1-3,6-7,10-11,14,16H,4-5,8-9,12-13H2,(H,19,22)(H,20,21). The van der Waals surface area contributed by atoms with Gasteiger partial charge in [0.15, 0.2) is 0 Å². The summed E-state index contributed by atoms with van der Waals surface area (Å²) in [6, 6.07) is 8.39. The van der Waals surface area contributed by atoms with Crippen LogP contribution in [-0.4, -0.2) is 23.2 Å². The number of aliphatic carboxylic acids is 1. The summed E-state index contributed by atoms with van der Waals surface area (Å²) in [7, 11) is 0. The van der Waals surface area contributed by atoms with Gasteiger partial charge < -0.3 is 15.2 Å². The predicted octanol–water partition coefficient (Wildman–Crippen LogP) is 3.50. The number of carbonyl (C=O) groups excluding carboxylic acids is 1. The SMILES string of the molecule is O=C(NC(CC1CCC=CCC1)C(=O)O)OCc1ccccc1. The molecule has 0 fully saturated rings. The van der Waals surface area contributed by atoms with Crippen molar-refractivity contribution in [3.63, 3.8) is 0 Å². The van der Waals surface area contributed by atoms with Crippen molar-refractivity contribution in [2.75, 3.05) is 0 Å². The largest absolute Gasteiger partial charge is 0.480 e. The minimum absolute atomic E-state index is 0.131. The first-order valence-corrected chi connectivity index (χ1v) is 8.00. The average Bonchev–Trinajstić information content (AvgIpc) is 2.82. The molecule has 1 aromatic rings. The number of hydrogen-bond donors (Lipinski definition) is 2. The van der Waals surface area contributed by atoms with Gasteiger partial charge in [-0.3, -0.25) is 0 Å². The Morgan fingerprint density at radius 1 is 1.17 bits per heavy atom. The molecule has 5 heteroatoms. The van der Waals surface area contributed by atoms with Crippen LogP contribution in [0, 0.1) is 5.92 Å². The second-order valence-corrected chi connectivity index (χ2v) is 5.82. The maximum absolute atomic E-state index is 11.8. The quantitative estimate of drug-likeness (QED) is 0.787. The molecule has 0 aromatic heterocycles. The highest BCUT2D eigenvalue weighted by Gasteiger charge is 2.25. The minimum atomic E-state index is -1.01. The molecule has 1 aliphatic rings. The van der Waals surface area contributed by atoms with Crippen LogP contribution in [0.1, 0.15) is 37.7 Å². The Kier molecular flexibility index (Phi) is 6.66. The summed E-state index contributed by atoms with van der Waals surface area (Å²) in [5.41, 5.74) is 0.865. The van der Waals surface area contributed by atoms with E-state index in [1.54, 1.807) is 0 Å². The summed E-state index contributed by atoms with van der Waals surface area (Å²) < 4.78 is 5.10. The van der Waals surface area contributed by atoms with Crippen LogP contribution in [0.15, 0.2) is 42.5 Å². The Morgan fingerprint density at radius 2 is 1.83 bits per heavy atom. The lowest BCUT2D eigenvalue weighted by Gasteiger charge is -2.20. The molecule has 0 saturated heterocycles. The van der Waals surface area contributed by atoms with Gasteiger partial charge in [-0.05, 0) is 43.6 Å². The first-order valence-electron chi connectivity index (χ1n) is 8.00. The van der Waals surface area contributed by atoms with Crippen molar-refractivity contribution in [1.29, 1.82) is 0 Å². The van der Waals surface area contributed by atoms with E-state index in [1.165, 1.54) is 0 Å². The molecule has 0 saturated carbocycles. The molecule has 2 rings (SSSR count). The molecule has 0 spiro atoms. The van der Waals surface area contributed by atoms with Crippen LogP contribution in [0.3, 0.4) is 0 Å². The van der Waals surface area contributed by atoms with E-state index < -0.39 is 18.1 Å². The number of allylic oxidation sites excluding steroid dienone is 2. The van der Waals surface area contributed by atoms with E-state index in [0.717, 1.165) is 31.2 Å². The number of carboxylic acids is 1. The van der Waals surface area contributed by atoms with E-state index in [1.807, 2.05) is 30.3 Å². The molecule has 23 heavy (non-hydrogen) atoms. The Hall–Kier alpha value is -2.30. The molecule has 5 nitrogen and oxygen atoms in total. The van der Waals surface area contributed by atoms with Gasteiger partial charge >= 0.3 is 12.1 Å². The number of carbonyl (C=O) groups is 2. The zero-order chi connectivity index (χ0) is 16.5. The zero-order valence-electron chi connectivity index (χ0n) is 13.1. The van der Waals surface area contributed by atoms with E-state index in [0.29, 0.717) is 12.3 Å². The third kappa shape index (κ3) is 6.14. The average molecular weight is 317 g/mol. The molecular weight excluding hydrogens is 294 g/mol. The van der Waals surface area contributed by atoms with Crippen molar-refractivity contribution in [1.82, 2.24) is 5.32 Å². The predicted molar refractivity (Wildman–Crippen MR) is 86.9 cm³/mol. The van der Waals surface area contributed by atoms with E-state index >= 15 is 0 Å². The summed E-state index contributed by atoms with van der Waals surface area (Å²) in [5, 5.41) is 11.8. The van der Waals surface area contributed by atoms with E-state index in [9.17, 15) is 14.7 Å². The maximum Gasteiger partial charge on any atom is 0.408 e. The summed E-state index contributed by atoms with van der Waals surface area (Å²) >= 11 is 0. The number of amides is 1. The number of benzene rings is 1. The van der Waals surface area contributed by atoms with Crippen molar-refractivity contribution >= 4 is 12.1 Å². The third-order valence-electron chi connectivity index (χ3n) is 4.02. The molecule has 0 heterocycles. The lowest BCUT2D eigenvalue weighted by atomic mass is 9.92. The first-order chi connectivity index (χ1) is 11.1. The molecule has 0 bridgehead atoms. The van der Waals surface area contributed by atoms with Crippen LogP contribution in [-0.2, 0) is 16.1 Å². The first kappa shape index (κ1) is 17.1. The minimum Gasteiger partial charge on any atom is -0.480 e. The van der Waals surface area contributed by atoms with Crippen LogP contribution < -0.4 is 5.32 Å². The lowest BCUT2D eigenvalue weighted by molar-refractivity contribution is -0.139. The van der Waals surface area contributed by atoms with Crippen LogP contribution in [0.5, 0.6) is 0 Å². The van der Waals surface area contributed by atoms with Crippen molar-refractivity contribution in [2.24, 2.45) is 5.92 Å². The molecule has 0 radical (unpaired) electrons. The molecule has 124 valence electrons. The van der Waals surface area contributed by atoms with E-state index in [4.69, 9.17) is 4.74 Å². The molecule has 1 aromatic carbocycles. The fraction of sp³-hybridized carbons (Fsp3) is 0.444. The fourth-order valence-corrected chi connectivity index (χ4v) is 2.74. The van der Waals surface area contributed by atoms with Crippen LogP contribution >= 0.6 is 0 Å². The van der Waals surface area contributed by atoms with Crippen LogP contribution in [0.4, 0.5) is 4.79 Å². The molecule has 1 amide bonds. The van der Waals surface area contributed by atoms with Gasteiger partial charge in [-0.15, -0.1) is 0 Å². The summed E-state index contributed by atoms with van der Waals surface area (Å²) in [4.78, 5) is 23.2. The Labute approximate surface area is 136 Å². The molecular formula is C18H23NO4. The highest BCUT2D eigenvalue weighted by Crippen LogP contribution is 2.23. The number of nitrogens with one attached hydrogen (secondary N) is 1. The third-order valence-corrected chi connectivity index (χ3v) is 4.02. The Morgan fingerprint density at radius 3 is 2.43 bits per heavy atom. The van der Waals surface area contributed by atoms with Gasteiger partial charge in [0.05, 0.1) is 0 Å². The summed E-state index contributed by atoms with van der Waals surface area (Å²) in [5.74, 6) is -0.709. The molecule has 1 aliphatic carbocycles. The zero-order valence-corrected chi connectivity index (χ0v) is 13.1. The fourth-order valence-electron chi connectivity index (χ4n) is 2.74. The van der Waals surface area contributed by atoms with Crippen molar-refractivity contribution < 1.29 is 19.4 Å². The van der Waals surface area contributed by atoms with Crippen LogP contribution in [0.25, 0.3) is 0 Å². The highest BCUT2D eigenvalue weighted by molar-refractivity contribution is 5.79. The second-order valence-electron chi connectivity index (χ2n) is 5.82. The van der Waals surface area contributed by atoms with Gasteiger partial charge in [0.25, 0.3) is 0 Å². The number of carboxylic acid groups (broad SMARTS) is 1. The van der Waals surface area contributed by atoms with E-state index in [2.05, 4.69) is 17.5 Å². The number of alkyl carbamates (subject to hydrolysis) is 1. The topological polar surface area (TPSA) is 75.6 Å². The maximum atomic E-state index is 11.8. The van der Waals surface area contributed by atoms with E-state index in [-0.39, 0.29) is 6.61 Å². The Bertz CT molecular complexity index is 531. The summed E-state index contributed by atoms with van der Waals surface area (Å²) in [6.45, 7) is 0.131. The number of rotatable bonds is 6. The van der Waals surface area contributed by atoms with Crippen molar-refractivity contribution in [3.8, 4) is 0 Å². The molecule has 1 unspecified atom stereocenters. The molecule has 2 N–H and O–H groups in total. The molecule has 0 aliphatic heterocycles. The van der Waals surface area contributed by atoms with Gasteiger partial charge in [-0.1, -0.05) is 42.5 Å². The Balaban J connectivity index is 1.81. The van der Waals surface area contributed by atoms with Crippen molar-refractivity contribution in [3.05, 3.63) is 48.0 Å². The smallest absolute Gasteiger partial charge is 0.408 e. The van der Waals surface area contributed by atoms with Gasteiger partial charge in [-0.25, -0.2) is 9.59 Å². The number of hydrogen-bond acceptors (Lipinski definition) is 3. The highest BCUT2D eigenvalue weighted by atomic mass is 16.5. The molecule has 1 atom stereocenters. The lowest BCUT2D eigenvalue weighted by Crippen LogP contribution is -2.42. The number of ether oxygens (including phenoxy) is 1. The van der Waals surface area contributed by atoms with Crippen molar-refractivity contribution in [2.45, 2.75) is 44.8 Å². The van der Waals surface area contributed by atoms with Gasteiger partial charge in [0, 0.05) is 0 Å². The van der Waals surface area contributed by atoms with Gasteiger partial charge in [0.1, 0.15) is 12.6 Å². The van der Waals surface area contributed by atoms with Gasteiger partial charge in [0.2, 0.25) is 0 Å². The van der Waals surface area contributed by atoms with Gasteiger partial charge in [-0.2, -0.15) is 0 Å². The normalized spacial score (nSPS) is 16.3. The van der Waals surface area contributed by atoms with Crippen LogP contribution in [0.2, 0.25) is 0 Å². The monoisotopic (exact) mass is 317 g/mol. The second kappa shape index (κ2) is 8.98.